The van der Waals surface area contributed by atoms with Crippen LogP contribution in [0.15, 0.2) is 57.3 Å². The first-order valence-corrected chi connectivity index (χ1v) is 10.2. The van der Waals surface area contributed by atoms with Gasteiger partial charge in [-0.05, 0) is 17.7 Å². The average Bonchev–Trinajstić information content (AvgIpc) is 3.29. The van der Waals surface area contributed by atoms with Gasteiger partial charge in [0.25, 0.3) is 10.0 Å². The maximum Gasteiger partial charge on any atom is 0.452 e. The van der Waals surface area contributed by atoms with Crippen molar-refractivity contribution < 1.29 is 26.1 Å². The van der Waals surface area contributed by atoms with Crippen LogP contribution in [0, 0.1) is 0 Å². The minimum absolute atomic E-state index is 0.0341. The number of alkyl halides is 3. The van der Waals surface area contributed by atoms with Crippen molar-refractivity contribution in [1.82, 2.24) is 9.46 Å². The predicted octanol–water partition coefficient (Wildman–Crippen LogP) is 4.63. The molecule has 0 aliphatic rings. The molecule has 0 radical (unpaired) electrons. The van der Waals surface area contributed by atoms with Gasteiger partial charge in [0.2, 0.25) is 5.76 Å². The topological polar surface area (TPSA) is 63.4 Å². The quantitative estimate of drug-likeness (QED) is 0.588. The molecule has 0 fully saturated rings. The van der Waals surface area contributed by atoms with Crippen molar-refractivity contribution in [2.45, 2.75) is 23.9 Å². The summed E-state index contributed by atoms with van der Waals surface area (Å²) in [4.78, 5) is 0.281. The third-order valence-corrected chi connectivity index (χ3v) is 7.27. The van der Waals surface area contributed by atoms with Gasteiger partial charge in [-0.25, -0.2) is 8.42 Å². The van der Waals surface area contributed by atoms with Crippen LogP contribution < -0.4 is 0 Å². The Kier molecular flexibility index (Phi) is 5.41. The van der Waals surface area contributed by atoms with Crippen molar-refractivity contribution in [2.75, 3.05) is 6.54 Å². The summed E-state index contributed by atoms with van der Waals surface area (Å²) in [6, 6.07) is 12.7. The van der Waals surface area contributed by atoms with E-state index in [0.717, 1.165) is 23.0 Å². The second kappa shape index (κ2) is 7.45. The van der Waals surface area contributed by atoms with Crippen LogP contribution in [0.4, 0.5) is 13.2 Å². The molecular weight excluding hydrogens is 401 g/mol. The van der Waals surface area contributed by atoms with E-state index >= 15 is 0 Å². The number of rotatable bonds is 6. The zero-order valence-corrected chi connectivity index (χ0v) is 15.7. The number of thiophene rings is 1. The largest absolute Gasteiger partial charge is 0.452 e. The summed E-state index contributed by atoms with van der Waals surface area (Å²) in [7, 11) is -3.79. The van der Waals surface area contributed by atoms with Gasteiger partial charge in [-0.15, -0.1) is 11.3 Å². The third-order valence-electron chi connectivity index (χ3n) is 3.77. The number of hydrogen-bond acceptors (Lipinski definition) is 5. The normalized spacial score (nSPS) is 12.6. The van der Waals surface area contributed by atoms with Crippen LogP contribution in [-0.2, 0) is 22.7 Å². The SMILES string of the molecule is CCN(Cc1ccccc1)S(=O)(=O)c1ccc(-c2cc(C(F)(F)F)on2)s1. The highest BCUT2D eigenvalue weighted by molar-refractivity contribution is 7.91. The number of benzene rings is 1. The molecule has 1 aromatic carbocycles. The van der Waals surface area contributed by atoms with E-state index in [1.165, 1.54) is 16.4 Å². The van der Waals surface area contributed by atoms with E-state index in [1.54, 1.807) is 6.92 Å². The van der Waals surface area contributed by atoms with Crippen LogP contribution in [-0.4, -0.2) is 24.4 Å². The molecule has 0 amide bonds. The Balaban J connectivity index is 1.86. The lowest BCUT2D eigenvalue weighted by molar-refractivity contribution is -0.155. The fourth-order valence-corrected chi connectivity index (χ4v) is 5.25. The molecule has 27 heavy (non-hydrogen) atoms. The maximum atomic E-state index is 12.9. The minimum Gasteiger partial charge on any atom is -0.351 e. The first-order chi connectivity index (χ1) is 12.7. The molecular formula is C17H15F3N2O3S2. The Hall–Kier alpha value is -2.17. The Bertz CT molecular complexity index is 1010. The molecule has 0 N–H and O–H groups in total. The molecule has 0 bridgehead atoms. The van der Waals surface area contributed by atoms with E-state index in [-0.39, 0.29) is 27.9 Å². The van der Waals surface area contributed by atoms with E-state index in [0.29, 0.717) is 0 Å². The lowest BCUT2D eigenvalue weighted by atomic mass is 10.2. The molecule has 0 atom stereocenters. The zero-order chi connectivity index (χ0) is 19.7. The molecule has 3 aromatic rings. The van der Waals surface area contributed by atoms with E-state index in [1.807, 2.05) is 30.3 Å². The molecule has 0 aliphatic carbocycles. The van der Waals surface area contributed by atoms with Crippen molar-refractivity contribution in [2.24, 2.45) is 0 Å². The fraction of sp³-hybridized carbons (Fsp3) is 0.235. The highest BCUT2D eigenvalue weighted by Crippen LogP contribution is 2.36. The second-order valence-electron chi connectivity index (χ2n) is 5.61. The molecule has 10 heteroatoms. The van der Waals surface area contributed by atoms with Crippen LogP contribution in [0.25, 0.3) is 10.6 Å². The smallest absolute Gasteiger partial charge is 0.351 e. The van der Waals surface area contributed by atoms with Crippen molar-refractivity contribution in [1.29, 1.82) is 0 Å². The van der Waals surface area contributed by atoms with E-state index in [4.69, 9.17) is 0 Å². The van der Waals surface area contributed by atoms with Crippen LogP contribution in [0.5, 0.6) is 0 Å². The van der Waals surface area contributed by atoms with Crippen molar-refractivity contribution >= 4 is 21.4 Å². The van der Waals surface area contributed by atoms with Crippen LogP contribution in [0.2, 0.25) is 0 Å². The summed E-state index contributed by atoms with van der Waals surface area (Å²) in [5.74, 6) is -1.23. The number of hydrogen-bond donors (Lipinski definition) is 0. The van der Waals surface area contributed by atoms with Gasteiger partial charge in [0.15, 0.2) is 0 Å². The lowest BCUT2D eigenvalue weighted by Gasteiger charge is -2.19. The zero-order valence-electron chi connectivity index (χ0n) is 14.1. The van der Waals surface area contributed by atoms with E-state index in [9.17, 15) is 21.6 Å². The molecule has 5 nitrogen and oxygen atoms in total. The number of halogens is 3. The molecule has 0 spiro atoms. The number of nitrogens with zero attached hydrogens (tertiary/aromatic N) is 2. The van der Waals surface area contributed by atoms with Gasteiger partial charge in [0, 0.05) is 19.2 Å². The van der Waals surface area contributed by atoms with Crippen molar-refractivity contribution in [3.05, 3.63) is 59.9 Å². The second-order valence-corrected chi connectivity index (χ2v) is 8.86. The molecule has 0 unspecified atom stereocenters. The van der Waals surface area contributed by atoms with Gasteiger partial charge in [-0.3, -0.25) is 0 Å². The monoisotopic (exact) mass is 416 g/mol. The summed E-state index contributed by atoms with van der Waals surface area (Å²) in [6.07, 6.45) is -4.65. The summed E-state index contributed by atoms with van der Waals surface area (Å²) in [5.41, 5.74) is 0.783. The van der Waals surface area contributed by atoms with E-state index in [2.05, 4.69) is 9.68 Å². The Morgan fingerprint density at radius 3 is 2.44 bits per heavy atom. The molecule has 3 rings (SSSR count). The van der Waals surface area contributed by atoms with Crippen molar-refractivity contribution in [3.8, 4) is 10.6 Å². The first-order valence-electron chi connectivity index (χ1n) is 7.90. The molecule has 144 valence electrons. The lowest BCUT2D eigenvalue weighted by Crippen LogP contribution is -2.29. The van der Waals surface area contributed by atoms with Gasteiger partial charge in [-0.1, -0.05) is 42.4 Å². The molecule has 0 aliphatic heterocycles. The molecule has 2 aromatic heterocycles. The van der Waals surface area contributed by atoms with Gasteiger partial charge in [0.1, 0.15) is 9.90 Å². The molecule has 0 saturated heterocycles. The minimum atomic E-state index is -4.65. The van der Waals surface area contributed by atoms with E-state index < -0.39 is 22.0 Å². The van der Waals surface area contributed by atoms with Crippen LogP contribution in [0.3, 0.4) is 0 Å². The third kappa shape index (κ3) is 4.23. The Morgan fingerprint density at radius 2 is 1.85 bits per heavy atom. The van der Waals surface area contributed by atoms with Gasteiger partial charge < -0.3 is 4.52 Å². The van der Waals surface area contributed by atoms with Gasteiger partial charge in [-0.2, -0.15) is 17.5 Å². The Labute approximate surface area is 158 Å². The maximum absolute atomic E-state index is 12.9. The van der Waals surface area contributed by atoms with Gasteiger partial charge in [0.05, 0.1) is 4.88 Å². The molecule has 2 heterocycles. The summed E-state index contributed by atoms with van der Waals surface area (Å²) in [6.45, 7) is 2.18. The standard InChI is InChI=1S/C17H15F3N2O3S2/c1-2-22(11-12-6-4-3-5-7-12)27(23,24)16-9-8-14(26-16)13-10-15(25-21-13)17(18,19)20/h3-10H,2,11H2,1H3. The van der Waals surface area contributed by atoms with Gasteiger partial charge >= 0.3 is 6.18 Å². The highest BCUT2D eigenvalue weighted by Gasteiger charge is 2.36. The molecule has 0 saturated carbocycles. The summed E-state index contributed by atoms with van der Waals surface area (Å²) < 4.78 is 69.3. The predicted molar refractivity (Wildman–Crippen MR) is 94.5 cm³/mol. The first kappa shape index (κ1) is 19.6. The van der Waals surface area contributed by atoms with Crippen molar-refractivity contribution in [3.63, 3.8) is 0 Å². The Morgan fingerprint density at radius 1 is 1.15 bits per heavy atom. The average molecular weight is 416 g/mol. The number of sulfonamides is 1. The van der Waals surface area contributed by atoms with Crippen LogP contribution >= 0.6 is 11.3 Å². The fourth-order valence-electron chi connectivity index (χ4n) is 2.40. The summed E-state index contributed by atoms with van der Waals surface area (Å²) >= 11 is 0.852. The highest BCUT2D eigenvalue weighted by atomic mass is 32.2. The number of aromatic nitrogens is 1. The van der Waals surface area contributed by atoms with Crippen LogP contribution in [0.1, 0.15) is 18.2 Å². The summed E-state index contributed by atoms with van der Waals surface area (Å²) in [5, 5.41) is 3.39.